The minimum absolute atomic E-state index is 0.0919. The van der Waals surface area contributed by atoms with Crippen LogP contribution in [0, 0.1) is 5.41 Å². The molecule has 0 aromatic heterocycles. The zero-order chi connectivity index (χ0) is 27.4. The molecule has 0 radical (unpaired) electrons. The number of benzene rings is 1. The molecule has 9 nitrogen and oxygen atoms in total. The van der Waals surface area contributed by atoms with Gasteiger partial charge in [0.1, 0.15) is 6.04 Å². The van der Waals surface area contributed by atoms with Crippen LogP contribution in [0.25, 0.3) is 0 Å². The Bertz CT molecular complexity index is 978. The Morgan fingerprint density at radius 1 is 1.03 bits per heavy atom. The summed E-state index contributed by atoms with van der Waals surface area (Å²) >= 11 is 0. The molecule has 1 aromatic rings. The molecule has 0 aliphatic carbocycles. The highest BCUT2D eigenvalue weighted by atomic mass is 16.3. The van der Waals surface area contributed by atoms with Crippen molar-refractivity contribution in [3.8, 4) is 0 Å². The Kier molecular flexibility index (Phi) is 9.11. The number of hydrogen-bond donors (Lipinski definition) is 3. The number of likely N-dealkylation sites (tertiary alicyclic amines) is 2. The van der Waals surface area contributed by atoms with Gasteiger partial charge in [0, 0.05) is 43.8 Å². The first kappa shape index (κ1) is 28.5. The second kappa shape index (κ2) is 12.1. The number of piperazine rings is 1. The lowest BCUT2D eigenvalue weighted by Crippen LogP contribution is -2.59. The molecule has 0 spiro atoms. The summed E-state index contributed by atoms with van der Waals surface area (Å²) in [6, 6.07) is 7.69. The van der Waals surface area contributed by atoms with Crippen molar-refractivity contribution in [2.24, 2.45) is 11.1 Å². The van der Waals surface area contributed by atoms with E-state index in [1.807, 2.05) is 32.9 Å². The fourth-order valence-electron chi connectivity index (χ4n) is 6.16. The predicted molar refractivity (Wildman–Crippen MR) is 146 cm³/mol. The Morgan fingerprint density at radius 2 is 1.68 bits per heavy atom. The van der Waals surface area contributed by atoms with Crippen molar-refractivity contribution in [2.75, 3.05) is 39.3 Å². The van der Waals surface area contributed by atoms with Gasteiger partial charge in [-0.3, -0.25) is 19.3 Å². The van der Waals surface area contributed by atoms with Crippen molar-refractivity contribution in [3.05, 3.63) is 35.4 Å². The SMILES string of the molecule is CC(C)(C)[C@H](NC(=O)CN1C2CCC1CN(CCCCc1ccc(C(N)=O)cc1)C2)C(=O)N1CC[C@H](O)C1. The molecule has 3 amide bonds. The highest BCUT2D eigenvalue weighted by molar-refractivity contribution is 5.92. The number of unbranched alkanes of at least 4 members (excludes halogenated alkanes) is 1. The van der Waals surface area contributed by atoms with Crippen LogP contribution in [0.1, 0.15) is 68.8 Å². The number of nitrogens with two attached hydrogens (primary N) is 1. The van der Waals surface area contributed by atoms with Crippen molar-refractivity contribution in [3.63, 3.8) is 0 Å². The van der Waals surface area contributed by atoms with Crippen LogP contribution in [0.15, 0.2) is 24.3 Å². The molecule has 4 N–H and O–H groups in total. The Hall–Kier alpha value is -2.49. The van der Waals surface area contributed by atoms with E-state index < -0.39 is 23.5 Å². The topological polar surface area (TPSA) is 119 Å². The lowest BCUT2D eigenvalue weighted by molar-refractivity contribution is -0.139. The molecule has 3 aliphatic rings. The van der Waals surface area contributed by atoms with Gasteiger partial charge in [-0.2, -0.15) is 0 Å². The lowest BCUT2D eigenvalue weighted by atomic mass is 9.85. The Labute approximate surface area is 226 Å². The summed E-state index contributed by atoms with van der Waals surface area (Å²) in [6.07, 6.45) is 5.51. The minimum atomic E-state index is -0.605. The number of fused-ring (bicyclic) bond motifs is 2. The molecular formula is C29H45N5O4. The minimum Gasteiger partial charge on any atom is -0.391 e. The van der Waals surface area contributed by atoms with Crippen LogP contribution in [0.3, 0.4) is 0 Å². The first-order valence-electron chi connectivity index (χ1n) is 14.1. The van der Waals surface area contributed by atoms with Crippen LogP contribution in [0.2, 0.25) is 0 Å². The number of nitrogens with one attached hydrogen (secondary N) is 1. The van der Waals surface area contributed by atoms with E-state index in [1.54, 1.807) is 17.0 Å². The van der Waals surface area contributed by atoms with Gasteiger partial charge in [0.15, 0.2) is 0 Å². The quantitative estimate of drug-likeness (QED) is 0.396. The van der Waals surface area contributed by atoms with Crippen molar-refractivity contribution in [2.45, 2.75) is 83.5 Å². The van der Waals surface area contributed by atoms with Crippen LogP contribution in [0.5, 0.6) is 0 Å². The number of primary amides is 1. The molecule has 4 rings (SSSR count). The number of aliphatic hydroxyl groups is 1. The summed E-state index contributed by atoms with van der Waals surface area (Å²) in [5.74, 6) is -0.585. The summed E-state index contributed by atoms with van der Waals surface area (Å²) in [6.45, 7) is 10.1. The van der Waals surface area contributed by atoms with Gasteiger partial charge in [0.25, 0.3) is 0 Å². The summed E-state index contributed by atoms with van der Waals surface area (Å²) in [7, 11) is 0. The highest BCUT2D eigenvalue weighted by Gasteiger charge is 2.42. The van der Waals surface area contributed by atoms with Gasteiger partial charge >= 0.3 is 0 Å². The number of carbonyl (C=O) groups is 3. The van der Waals surface area contributed by atoms with Crippen molar-refractivity contribution >= 4 is 17.7 Å². The molecule has 38 heavy (non-hydrogen) atoms. The molecular weight excluding hydrogens is 482 g/mol. The average molecular weight is 528 g/mol. The molecule has 3 fully saturated rings. The molecule has 3 saturated heterocycles. The van der Waals surface area contributed by atoms with Gasteiger partial charge in [-0.05, 0) is 68.2 Å². The third kappa shape index (κ3) is 7.12. The number of rotatable bonds is 10. The molecule has 210 valence electrons. The maximum Gasteiger partial charge on any atom is 0.248 e. The molecule has 1 aromatic carbocycles. The van der Waals surface area contributed by atoms with Crippen LogP contribution in [0.4, 0.5) is 0 Å². The molecule has 3 heterocycles. The van der Waals surface area contributed by atoms with Crippen molar-refractivity contribution in [1.82, 2.24) is 20.0 Å². The molecule has 2 bridgehead atoms. The van der Waals surface area contributed by atoms with Gasteiger partial charge < -0.3 is 26.0 Å². The van der Waals surface area contributed by atoms with Crippen LogP contribution < -0.4 is 11.1 Å². The van der Waals surface area contributed by atoms with E-state index in [4.69, 9.17) is 5.73 Å². The van der Waals surface area contributed by atoms with E-state index in [9.17, 15) is 19.5 Å². The average Bonchev–Trinajstić information content (AvgIpc) is 3.38. The monoisotopic (exact) mass is 527 g/mol. The molecule has 3 aliphatic heterocycles. The smallest absolute Gasteiger partial charge is 0.248 e. The van der Waals surface area contributed by atoms with Gasteiger partial charge in [0.2, 0.25) is 17.7 Å². The van der Waals surface area contributed by atoms with Crippen LogP contribution in [-0.4, -0.2) is 101 Å². The van der Waals surface area contributed by atoms with Crippen LogP contribution >= 0.6 is 0 Å². The fourth-order valence-corrected chi connectivity index (χ4v) is 6.16. The highest BCUT2D eigenvalue weighted by Crippen LogP contribution is 2.30. The maximum absolute atomic E-state index is 13.2. The normalized spacial score (nSPS) is 24.9. The van der Waals surface area contributed by atoms with Gasteiger partial charge in [-0.15, -0.1) is 0 Å². The number of aryl methyl sites for hydroxylation is 1. The predicted octanol–water partition coefficient (Wildman–Crippen LogP) is 1.38. The Morgan fingerprint density at radius 3 is 2.24 bits per heavy atom. The number of β-amino-alcohol motifs (C(OH)–C–C–N with tert-alkyl or cyclic N) is 1. The van der Waals surface area contributed by atoms with Gasteiger partial charge in [-0.1, -0.05) is 32.9 Å². The summed E-state index contributed by atoms with van der Waals surface area (Å²) in [5, 5.41) is 12.9. The molecule has 9 heteroatoms. The number of nitrogens with zero attached hydrogens (tertiary/aromatic N) is 3. The van der Waals surface area contributed by atoms with E-state index in [2.05, 4.69) is 15.1 Å². The first-order chi connectivity index (χ1) is 18.0. The number of carbonyl (C=O) groups excluding carboxylic acids is 3. The lowest BCUT2D eigenvalue weighted by Gasteiger charge is -2.41. The summed E-state index contributed by atoms with van der Waals surface area (Å²) < 4.78 is 0. The third-order valence-electron chi connectivity index (χ3n) is 8.36. The van der Waals surface area contributed by atoms with Crippen molar-refractivity contribution < 1.29 is 19.5 Å². The van der Waals surface area contributed by atoms with E-state index in [-0.39, 0.29) is 11.8 Å². The molecule has 4 atom stereocenters. The fraction of sp³-hybridized carbons (Fsp3) is 0.690. The third-order valence-corrected chi connectivity index (χ3v) is 8.36. The second-order valence-corrected chi connectivity index (χ2v) is 12.4. The zero-order valence-corrected chi connectivity index (χ0v) is 23.2. The van der Waals surface area contributed by atoms with Crippen LogP contribution in [-0.2, 0) is 16.0 Å². The number of hydrogen-bond acceptors (Lipinski definition) is 6. The largest absolute Gasteiger partial charge is 0.391 e. The second-order valence-electron chi connectivity index (χ2n) is 12.4. The van der Waals surface area contributed by atoms with E-state index in [0.717, 1.165) is 51.7 Å². The zero-order valence-electron chi connectivity index (χ0n) is 23.2. The number of aliphatic hydroxyl groups excluding tert-OH is 1. The maximum atomic E-state index is 13.2. The molecule has 2 unspecified atom stereocenters. The summed E-state index contributed by atoms with van der Waals surface area (Å²) in [4.78, 5) is 44.1. The molecule has 0 saturated carbocycles. The van der Waals surface area contributed by atoms with E-state index >= 15 is 0 Å². The number of amides is 3. The standard InChI is InChI=1S/C29H45N5O4/c1-29(2,3)26(28(38)33-15-13-24(35)18-33)31-25(36)19-34-22-11-12-23(34)17-32(16-22)14-5-4-6-20-7-9-21(10-8-20)27(30)37/h7-10,22-24,26,35H,4-6,11-19H2,1-3H3,(H2,30,37)(H,31,36)/t22?,23?,24-,26+/m0/s1. The summed E-state index contributed by atoms with van der Waals surface area (Å²) in [5.41, 5.74) is 6.67. The van der Waals surface area contributed by atoms with Gasteiger partial charge in [0.05, 0.1) is 12.6 Å². The van der Waals surface area contributed by atoms with E-state index in [0.29, 0.717) is 43.7 Å². The van der Waals surface area contributed by atoms with Gasteiger partial charge in [-0.25, -0.2) is 0 Å². The first-order valence-corrected chi connectivity index (χ1v) is 14.1. The Balaban J connectivity index is 1.22. The van der Waals surface area contributed by atoms with Crippen molar-refractivity contribution in [1.29, 1.82) is 0 Å². The van der Waals surface area contributed by atoms with E-state index in [1.165, 1.54) is 5.56 Å².